The zero-order valence-electron chi connectivity index (χ0n) is 21.9. The standard InChI is InChI=1S/C26H31Cl2F3N6O2S/c1-16(20-7-6-19(27)11-21(20)28)37-25-23(24(34-37)26(29,30)31)32-12-22(33-25)36-14-18(15-36)17-5-4-9-35(13-17)8-2-3-10-40(38)39/h6-7,11-12,16-18H,2-5,8-10,13-15H2,1H3,(H,38,39)/p-1/t16-,17-/m1/s1. The topological polar surface area (TPSA) is 90.2 Å². The molecule has 14 heteroatoms. The van der Waals surface area contributed by atoms with Crippen molar-refractivity contribution in [3.8, 4) is 0 Å². The van der Waals surface area contributed by atoms with Gasteiger partial charge in [-0.05, 0) is 75.2 Å². The molecule has 3 aromatic rings. The molecule has 218 valence electrons. The Balaban J connectivity index is 1.31. The van der Waals surface area contributed by atoms with E-state index in [4.69, 9.17) is 23.2 Å². The number of unbranched alkanes of at least 4 members (excludes halogenated alkanes) is 1. The Morgan fingerprint density at radius 3 is 2.65 bits per heavy atom. The highest BCUT2D eigenvalue weighted by Crippen LogP contribution is 2.38. The van der Waals surface area contributed by atoms with Crippen LogP contribution in [-0.2, 0) is 17.3 Å². The van der Waals surface area contributed by atoms with E-state index in [1.165, 1.54) is 10.9 Å². The number of piperidine rings is 1. The molecule has 2 aliphatic rings. The number of nitrogens with zero attached hydrogens (tertiary/aromatic N) is 6. The lowest BCUT2D eigenvalue weighted by atomic mass is 9.80. The number of rotatable bonds is 9. The van der Waals surface area contributed by atoms with E-state index in [9.17, 15) is 21.9 Å². The fraction of sp³-hybridized carbons (Fsp3) is 0.577. The lowest BCUT2D eigenvalue weighted by molar-refractivity contribution is -0.140. The molecular formula is C26H30Cl2F3N6O2S-. The molecule has 2 fully saturated rings. The molecule has 0 spiro atoms. The summed E-state index contributed by atoms with van der Waals surface area (Å²) in [6.45, 7) is 6.12. The fourth-order valence-electron chi connectivity index (χ4n) is 5.72. The first kappa shape index (κ1) is 29.5. The first-order valence-electron chi connectivity index (χ1n) is 13.3. The molecule has 3 atom stereocenters. The predicted molar refractivity (Wildman–Crippen MR) is 148 cm³/mol. The number of fused-ring (bicyclic) bond motifs is 1. The number of alkyl halides is 3. The largest absolute Gasteiger partial charge is 0.772 e. The number of benzene rings is 1. The van der Waals surface area contributed by atoms with E-state index in [1.54, 1.807) is 25.1 Å². The second-order valence-corrected chi connectivity index (χ2v) is 12.5. The summed E-state index contributed by atoms with van der Waals surface area (Å²) in [5.74, 6) is 1.70. The third-order valence-electron chi connectivity index (χ3n) is 7.92. The van der Waals surface area contributed by atoms with Crippen LogP contribution < -0.4 is 4.90 Å². The van der Waals surface area contributed by atoms with E-state index in [0.717, 1.165) is 52.0 Å². The molecule has 40 heavy (non-hydrogen) atoms. The number of anilines is 1. The van der Waals surface area contributed by atoms with Crippen LogP contribution in [0.15, 0.2) is 24.4 Å². The van der Waals surface area contributed by atoms with Crippen LogP contribution in [-0.4, -0.2) is 71.9 Å². The molecular weight excluding hydrogens is 588 g/mol. The molecule has 1 aromatic carbocycles. The SMILES string of the molecule is C[C@H](c1ccc(Cl)cc1Cl)n1nc(C(F)(F)F)c2ncc(N3CC([C@@H]4CCCN(CCCCS(=O)[O-])C4)C3)nc21. The number of hydrogen-bond donors (Lipinski definition) is 0. The van der Waals surface area contributed by atoms with E-state index >= 15 is 0 Å². The Morgan fingerprint density at radius 1 is 1.18 bits per heavy atom. The van der Waals surface area contributed by atoms with Gasteiger partial charge in [0, 0.05) is 35.4 Å². The van der Waals surface area contributed by atoms with Crippen LogP contribution in [0.4, 0.5) is 19.0 Å². The molecule has 0 aliphatic carbocycles. The smallest absolute Gasteiger partial charge is 0.437 e. The Hall–Kier alpha value is -1.99. The van der Waals surface area contributed by atoms with Gasteiger partial charge in [0.2, 0.25) is 0 Å². The van der Waals surface area contributed by atoms with Gasteiger partial charge in [-0.15, -0.1) is 0 Å². The zero-order valence-corrected chi connectivity index (χ0v) is 24.2. The summed E-state index contributed by atoms with van der Waals surface area (Å²) >= 11 is 10.4. The van der Waals surface area contributed by atoms with Gasteiger partial charge in [0.25, 0.3) is 0 Å². The van der Waals surface area contributed by atoms with E-state index in [-0.39, 0.29) is 16.9 Å². The summed E-state index contributed by atoms with van der Waals surface area (Å²) < 4.78 is 64.3. The molecule has 2 saturated heterocycles. The van der Waals surface area contributed by atoms with Crippen LogP contribution in [0.3, 0.4) is 0 Å². The van der Waals surface area contributed by atoms with Gasteiger partial charge in [0.1, 0.15) is 11.3 Å². The van der Waals surface area contributed by atoms with Crippen molar-refractivity contribution in [2.45, 2.75) is 44.8 Å². The molecule has 0 N–H and O–H groups in total. The minimum Gasteiger partial charge on any atom is -0.772 e. The molecule has 0 radical (unpaired) electrons. The Morgan fingerprint density at radius 2 is 1.95 bits per heavy atom. The van der Waals surface area contributed by atoms with Gasteiger partial charge in [-0.1, -0.05) is 40.3 Å². The van der Waals surface area contributed by atoms with Crippen molar-refractivity contribution in [1.82, 2.24) is 24.6 Å². The summed E-state index contributed by atoms with van der Waals surface area (Å²) in [4.78, 5) is 13.3. The van der Waals surface area contributed by atoms with E-state index in [0.29, 0.717) is 39.7 Å². The maximum absolute atomic E-state index is 13.9. The number of halogens is 5. The maximum Gasteiger partial charge on any atom is 0.437 e. The Kier molecular flexibility index (Phi) is 8.91. The summed E-state index contributed by atoms with van der Waals surface area (Å²) in [6, 6.07) is 4.21. The third kappa shape index (κ3) is 6.41. The van der Waals surface area contributed by atoms with Gasteiger partial charge in [-0.25, -0.2) is 14.6 Å². The second-order valence-electron chi connectivity index (χ2n) is 10.6. The van der Waals surface area contributed by atoms with E-state index in [1.807, 2.05) is 4.90 Å². The summed E-state index contributed by atoms with van der Waals surface area (Å²) in [6.07, 6.45) is 0.471. The van der Waals surface area contributed by atoms with Crippen LogP contribution in [0.2, 0.25) is 10.0 Å². The van der Waals surface area contributed by atoms with Gasteiger partial charge in [-0.3, -0.25) is 4.21 Å². The fourth-order valence-corrected chi connectivity index (χ4v) is 6.72. The van der Waals surface area contributed by atoms with Crippen molar-refractivity contribution in [3.63, 3.8) is 0 Å². The van der Waals surface area contributed by atoms with Crippen molar-refractivity contribution < 1.29 is 21.9 Å². The second kappa shape index (κ2) is 12.1. The van der Waals surface area contributed by atoms with Crippen molar-refractivity contribution in [3.05, 3.63) is 45.7 Å². The normalized spacial score (nSPS) is 20.6. The Labute approximate surface area is 243 Å². The Bertz CT molecular complexity index is 1380. The molecule has 4 heterocycles. The van der Waals surface area contributed by atoms with Gasteiger partial charge in [0.15, 0.2) is 11.3 Å². The molecule has 2 aliphatic heterocycles. The van der Waals surface area contributed by atoms with Crippen molar-refractivity contribution in [1.29, 1.82) is 0 Å². The molecule has 5 rings (SSSR count). The van der Waals surface area contributed by atoms with Crippen molar-refractivity contribution >= 4 is 51.3 Å². The lowest BCUT2D eigenvalue weighted by Crippen LogP contribution is -2.54. The van der Waals surface area contributed by atoms with Gasteiger partial charge in [0.05, 0.1) is 12.2 Å². The van der Waals surface area contributed by atoms with Crippen LogP contribution in [0.5, 0.6) is 0 Å². The zero-order chi connectivity index (χ0) is 28.6. The summed E-state index contributed by atoms with van der Waals surface area (Å²) in [5, 5.41) is 4.65. The van der Waals surface area contributed by atoms with Gasteiger partial charge in [-0.2, -0.15) is 18.3 Å². The third-order valence-corrected chi connectivity index (χ3v) is 9.10. The van der Waals surface area contributed by atoms with Crippen molar-refractivity contribution in [2.75, 3.05) is 43.4 Å². The molecule has 0 saturated carbocycles. The molecule has 0 bridgehead atoms. The maximum atomic E-state index is 13.9. The first-order valence-corrected chi connectivity index (χ1v) is 15.3. The average molecular weight is 619 g/mol. The quantitative estimate of drug-likeness (QED) is 0.229. The van der Waals surface area contributed by atoms with Crippen LogP contribution in [0, 0.1) is 11.8 Å². The molecule has 2 aromatic heterocycles. The highest BCUT2D eigenvalue weighted by Gasteiger charge is 2.40. The van der Waals surface area contributed by atoms with E-state index in [2.05, 4.69) is 20.0 Å². The summed E-state index contributed by atoms with van der Waals surface area (Å²) in [7, 11) is 0. The molecule has 1 unspecified atom stereocenters. The highest BCUT2D eigenvalue weighted by molar-refractivity contribution is 7.79. The van der Waals surface area contributed by atoms with Crippen molar-refractivity contribution in [2.24, 2.45) is 11.8 Å². The van der Waals surface area contributed by atoms with Crippen LogP contribution in [0.1, 0.15) is 49.9 Å². The van der Waals surface area contributed by atoms with E-state index < -0.39 is 29.0 Å². The van der Waals surface area contributed by atoms with Crippen LogP contribution in [0.25, 0.3) is 11.2 Å². The van der Waals surface area contributed by atoms with Crippen LogP contribution >= 0.6 is 23.2 Å². The first-order chi connectivity index (χ1) is 19.0. The summed E-state index contributed by atoms with van der Waals surface area (Å²) in [5.41, 5.74) is -0.754. The number of hydrogen-bond acceptors (Lipinski definition) is 7. The highest BCUT2D eigenvalue weighted by atomic mass is 35.5. The van der Waals surface area contributed by atoms with Gasteiger partial charge < -0.3 is 14.4 Å². The number of aromatic nitrogens is 4. The number of likely N-dealkylation sites (tertiary alicyclic amines) is 1. The average Bonchev–Trinajstić information content (AvgIpc) is 3.25. The monoisotopic (exact) mass is 617 g/mol. The molecule has 8 nitrogen and oxygen atoms in total. The lowest BCUT2D eigenvalue weighted by Gasteiger charge is -2.47. The minimum absolute atomic E-state index is 0.0506. The van der Waals surface area contributed by atoms with Gasteiger partial charge >= 0.3 is 6.18 Å². The minimum atomic E-state index is -4.69. The predicted octanol–water partition coefficient (Wildman–Crippen LogP) is 5.57. The molecule has 0 amide bonds.